The predicted molar refractivity (Wildman–Crippen MR) is 177 cm³/mol. The average molecular weight is 629 g/mol. The molecule has 0 fully saturated rings. The van der Waals surface area contributed by atoms with Gasteiger partial charge in [0.2, 0.25) is 5.91 Å². The van der Waals surface area contributed by atoms with Crippen LogP contribution in [0.1, 0.15) is 53.9 Å². The number of nitrogens with one attached hydrogen (secondary N) is 1. The summed E-state index contributed by atoms with van der Waals surface area (Å²) >= 11 is 1.25. The standard InChI is InChI=1S/C35H40N4O5S/c1-22(2)26-10-12-27(13-11-26)33(34(41)38-30-17-16-29(43-6)19-31(30)44-7)39(20-25-8-14-28(42-5)15-9-25)32(40)21-45-35-36-23(3)18-24(4)37-35/h8-19,22,33H,20-21H2,1-7H3,(H,38,41). The maximum absolute atomic E-state index is 14.3. The molecule has 1 atom stereocenters. The normalized spacial score (nSPS) is 11.6. The molecule has 0 radical (unpaired) electrons. The molecule has 0 bridgehead atoms. The van der Waals surface area contributed by atoms with Gasteiger partial charge in [-0.3, -0.25) is 9.59 Å². The third-order valence-electron chi connectivity index (χ3n) is 7.26. The van der Waals surface area contributed by atoms with Crippen LogP contribution in [0.2, 0.25) is 0 Å². The highest BCUT2D eigenvalue weighted by atomic mass is 32.2. The van der Waals surface area contributed by atoms with Crippen LogP contribution in [0.4, 0.5) is 5.69 Å². The Morgan fingerprint density at radius 3 is 1.98 bits per heavy atom. The lowest BCUT2D eigenvalue weighted by Crippen LogP contribution is -2.42. The molecular formula is C35H40N4O5S. The molecule has 1 N–H and O–H groups in total. The molecule has 3 aromatic carbocycles. The van der Waals surface area contributed by atoms with Crippen LogP contribution in [0, 0.1) is 13.8 Å². The Bertz CT molecular complexity index is 1590. The van der Waals surface area contributed by atoms with Gasteiger partial charge in [-0.25, -0.2) is 9.97 Å². The summed E-state index contributed by atoms with van der Waals surface area (Å²) in [6.07, 6.45) is 0. The number of aromatic nitrogens is 2. The van der Waals surface area contributed by atoms with Gasteiger partial charge in [0.25, 0.3) is 5.91 Å². The number of carbonyl (C=O) groups is 2. The second-order valence-corrected chi connectivity index (χ2v) is 11.8. The number of aryl methyl sites for hydroxylation is 2. The van der Waals surface area contributed by atoms with Crippen molar-refractivity contribution in [3.63, 3.8) is 0 Å². The first-order valence-corrected chi connectivity index (χ1v) is 15.6. The number of carbonyl (C=O) groups excluding carboxylic acids is 2. The number of methoxy groups -OCH3 is 3. The van der Waals surface area contributed by atoms with E-state index in [1.165, 1.54) is 18.9 Å². The minimum absolute atomic E-state index is 0.0404. The van der Waals surface area contributed by atoms with Gasteiger partial charge >= 0.3 is 0 Å². The Kier molecular flexibility index (Phi) is 11.4. The lowest BCUT2D eigenvalue weighted by Gasteiger charge is -2.32. The molecule has 0 aliphatic heterocycles. The highest BCUT2D eigenvalue weighted by Gasteiger charge is 2.32. The number of rotatable bonds is 13. The summed E-state index contributed by atoms with van der Waals surface area (Å²) in [4.78, 5) is 39.1. The summed E-state index contributed by atoms with van der Waals surface area (Å²) in [5, 5.41) is 3.52. The van der Waals surface area contributed by atoms with Crippen molar-refractivity contribution in [2.75, 3.05) is 32.4 Å². The molecule has 45 heavy (non-hydrogen) atoms. The summed E-state index contributed by atoms with van der Waals surface area (Å²) in [5.74, 6) is 1.45. The van der Waals surface area contributed by atoms with Crippen molar-refractivity contribution in [3.8, 4) is 17.2 Å². The van der Waals surface area contributed by atoms with Crippen molar-refractivity contribution in [2.24, 2.45) is 0 Å². The molecule has 4 rings (SSSR count). The smallest absolute Gasteiger partial charge is 0.251 e. The molecule has 0 saturated carbocycles. The summed E-state index contributed by atoms with van der Waals surface area (Å²) in [5.41, 5.74) is 4.76. The fraction of sp³-hybridized carbons (Fsp3) is 0.314. The highest BCUT2D eigenvalue weighted by Crippen LogP contribution is 2.33. The second kappa shape index (κ2) is 15.4. The van der Waals surface area contributed by atoms with Gasteiger partial charge in [-0.15, -0.1) is 0 Å². The number of amides is 2. The lowest BCUT2D eigenvalue weighted by atomic mass is 9.97. The van der Waals surface area contributed by atoms with E-state index < -0.39 is 6.04 Å². The van der Waals surface area contributed by atoms with Crippen LogP contribution in [0.25, 0.3) is 0 Å². The zero-order chi connectivity index (χ0) is 32.5. The maximum Gasteiger partial charge on any atom is 0.251 e. The average Bonchev–Trinajstić information content (AvgIpc) is 3.03. The Hall–Kier alpha value is -4.57. The molecule has 0 saturated heterocycles. The molecule has 4 aromatic rings. The molecule has 1 unspecified atom stereocenters. The van der Waals surface area contributed by atoms with Gasteiger partial charge in [0.15, 0.2) is 5.16 Å². The largest absolute Gasteiger partial charge is 0.497 e. The zero-order valence-electron chi connectivity index (χ0n) is 26.8. The number of nitrogens with zero attached hydrogens (tertiary/aromatic N) is 3. The number of hydrogen-bond acceptors (Lipinski definition) is 8. The van der Waals surface area contributed by atoms with Crippen molar-refractivity contribution in [2.45, 2.75) is 51.4 Å². The Morgan fingerprint density at radius 1 is 0.800 bits per heavy atom. The van der Waals surface area contributed by atoms with Gasteiger partial charge in [0, 0.05) is 24.0 Å². The van der Waals surface area contributed by atoms with Crippen LogP contribution >= 0.6 is 11.8 Å². The van der Waals surface area contributed by atoms with Crippen LogP contribution < -0.4 is 19.5 Å². The monoisotopic (exact) mass is 628 g/mol. The van der Waals surface area contributed by atoms with E-state index in [0.717, 1.165) is 22.5 Å². The third-order valence-corrected chi connectivity index (χ3v) is 8.10. The first-order chi connectivity index (χ1) is 21.6. The van der Waals surface area contributed by atoms with E-state index in [2.05, 4.69) is 29.1 Å². The summed E-state index contributed by atoms with van der Waals surface area (Å²) in [6, 6.07) is 21.4. The fourth-order valence-corrected chi connectivity index (χ4v) is 5.69. The lowest BCUT2D eigenvalue weighted by molar-refractivity contribution is -0.137. The van der Waals surface area contributed by atoms with Crippen molar-refractivity contribution in [3.05, 3.63) is 101 Å². The summed E-state index contributed by atoms with van der Waals surface area (Å²) < 4.78 is 16.2. The third kappa shape index (κ3) is 8.76. The van der Waals surface area contributed by atoms with Crippen LogP contribution in [-0.4, -0.2) is 53.8 Å². The van der Waals surface area contributed by atoms with E-state index in [-0.39, 0.29) is 24.1 Å². The summed E-state index contributed by atoms with van der Waals surface area (Å²) in [6.45, 7) is 8.19. The van der Waals surface area contributed by atoms with Crippen molar-refractivity contribution < 1.29 is 23.8 Å². The molecule has 0 spiro atoms. The molecular weight excluding hydrogens is 588 g/mol. The van der Waals surface area contributed by atoms with Gasteiger partial charge in [0.1, 0.15) is 23.3 Å². The number of anilines is 1. The molecule has 2 amide bonds. The predicted octanol–water partition coefficient (Wildman–Crippen LogP) is 6.74. The van der Waals surface area contributed by atoms with E-state index in [9.17, 15) is 9.59 Å². The Labute approximate surface area is 269 Å². The van der Waals surface area contributed by atoms with Gasteiger partial charge in [0.05, 0.1) is 32.8 Å². The fourth-order valence-electron chi connectivity index (χ4n) is 4.86. The van der Waals surface area contributed by atoms with Crippen LogP contribution in [0.3, 0.4) is 0 Å². The van der Waals surface area contributed by atoms with Crippen LogP contribution in [0.5, 0.6) is 17.2 Å². The second-order valence-electron chi connectivity index (χ2n) is 10.9. The van der Waals surface area contributed by atoms with Gasteiger partial charge in [-0.1, -0.05) is 62.0 Å². The number of ether oxygens (including phenoxy) is 3. The van der Waals surface area contributed by atoms with Crippen molar-refractivity contribution >= 4 is 29.3 Å². The SMILES string of the molecule is COc1ccc(CN(C(=O)CSc2nc(C)cc(C)n2)C(C(=O)Nc2ccc(OC)cc2OC)c2ccc(C(C)C)cc2)cc1. The minimum atomic E-state index is -0.964. The van der Waals surface area contributed by atoms with Gasteiger partial charge in [-0.2, -0.15) is 0 Å². The number of benzene rings is 3. The molecule has 10 heteroatoms. The van der Waals surface area contributed by atoms with Crippen molar-refractivity contribution in [1.82, 2.24) is 14.9 Å². The van der Waals surface area contributed by atoms with Crippen molar-refractivity contribution in [1.29, 1.82) is 0 Å². The molecule has 9 nitrogen and oxygen atoms in total. The quantitative estimate of drug-likeness (QED) is 0.128. The van der Waals surface area contributed by atoms with E-state index in [1.807, 2.05) is 68.4 Å². The minimum Gasteiger partial charge on any atom is -0.497 e. The number of hydrogen-bond donors (Lipinski definition) is 1. The summed E-state index contributed by atoms with van der Waals surface area (Å²) in [7, 11) is 4.69. The zero-order valence-corrected chi connectivity index (χ0v) is 27.6. The van der Waals surface area contributed by atoms with E-state index in [1.54, 1.807) is 37.3 Å². The van der Waals surface area contributed by atoms with E-state index >= 15 is 0 Å². The highest BCUT2D eigenvalue weighted by molar-refractivity contribution is 7.99. The molecule has 1 heterocycles. The maximum atomic E-state index is 14.3. The molecule has 0 aliphatic rings. The Morgan fingerprint density at radius 2 is 1.40 bits per heavy atom. The first kappa shape index (κ1) is 33.3. The van der Waals surface area contributed by atoms with E-state index in [4.69, 9.17) is 14.2 Å². The topological polar surface area (TPSA) is 103 Å². The number of thioether (sulfide) groups is 1. The van der Waals surface area contributed by atoms with Crippen LogP contribution in [-0.2, 0) is 16.1 Å². The molecule has 1 aromatic heterocycles. The van der Waals surface area contributed by atoms with Crippen LogP contribution in [0.15, 0.2) is 78.0 Å². The molecule has 0 aliphatic carbocycles. The molecule has 236 valence electrons. The van der Waals surface area contributed by atoms with Gasteiger partial charge in [-0.05, 0) is 66.8 Å². The first-order valence-electron chi connectivity index (χ1n) is 14.6. The van der Waals surface area contributed by atoms with E-state index in [0.29, 0.717) is 39.6 Å². The van der Waals surface area contributed by atoms with Gasteiger partial charge < -0.3 is 24.4 Å². The Balaban J connectivity index is 1.75.